The standard InChI is InChI=1S/C52H45N7O5S/c1-33(35-17-7-4-8-18-35)42(32-65-2)52(51(61)64-31-34-15-5-3-6-16-34,50(60)46-27-41-40-21-11-14-24-45(40)56-47(41)30-55-46)59(48(57-62)25-36-28-53-43-22-12-9-19-38(36)43)49(58-63)26-37-29-54-44-23-13-10-20-39(37)44/h3-24,27-30,42,48-49,53-54,56H,1,25-26,31-32H2,2H3/t42?,48?,49?,52-/m1/s1. The van der Waals surface area contributed by atoms with Crippen LogP contribution in [0.3, 0.4) is 0 Å². The fourth-order valence-electron chi connectivity index (χ4n) is 9.23. The first-order chi connectivity index (χ1) is 31.8. The number of carbonyl (C=O) groups excluding carboxylic acids is 2. The second-order valence-electron chi connectivity index (χ2n) is 16.0. The van der Waals surface area contributed by atoms with Gasteiger partial charge in [0.05, 0.1) is 11.7 Å². The van der Waals surface area contributed by atoms with Crippen LogP contribution in [-0.2, 0) is 29.0 Å². The molecule has 13 heteroatoms. The van der Waals surface area contributed by atoms with Crippen molar-refractivity contribution < 1.29 is 14.3 Å². The third kappa shape index (κ3) is 8.04. The SMILES string of the molecule is C=C(c1ccccc1)C(CSC)[C@](C(=O)OCc1ccccc1)(C(=O)c1cc2c(cn1)[nH]c1ccccc12)N(C(Cc1c[nH]c2ccccc12)N=O)C(Cc1c[nH]c2ccccc12)N=O. The van der Waals surface area contributed by atoms with Crippen LogP contribution in [0, 0.1) is 15.7 Å². The van der Waals surface area contributed by atoms with Gasteiger partial charge in [0.1, 0.15) is 12.3 Å². The van der Waals surface area contributed by atoms with Crippen molar-refractivity contribution in [3.8, 4) is 0 Å². The molecule has 324 valence electrons. The van der Waals surface area contributed by atoms with Crippen LogP contribution < -0.4 is 0 Å². The molecule has 4 atom stereocenters. The van der Waals surface area contributed by atoms with Crippen molar-refractivity contribution in [3.63, 3.8) is 0 Å². The third-order valence-corrected chi connectivity index (χ3v) is 13.0. The van der Waals surface area contributed by atoms with Gasteiger partial charge in [-0.2, -0.15) is 11.8 Å². The van der Waals surface area contributed by atoms with Crippen molar-refractivity contribution in [2.24, 2.45) is 16.3 Å². The first kappa shape index (κ1) is 42.8. The minimum atomic E-state index is -2.55. The fourth-order valence-corrected chi connectivity index (χ4v) is 10.0. The van der Waals surface area contributed by atoms with Crippen molar-refractivity contribution in [2.75, 3.05) is 12.0 Å². The number of ketones is 1. The van der Waals surface area contributed by atoms with Gasteiger partial charge < -0.3 is 19.7 Å². The van der Waals surface area contributed by atoms with Crippen LogP contribution in [0.5, 0.6) is 0 Å². The number of rotatable bonds is 19. The van der Waals surface area contributed by atoms with Gasteiger partial charge in [0.25, 0.3) is 0 Å². The molecule has 65 heavy (non-hydrogen) atoms. The number of carbonyl (C=O) groups is 2. The molecular formula is C52H45N7O5S. The lowest BCUT2D eigenvalue weighted by Crippen LogP contribution is -2.70. The summed E-state index contributed by atoms with van der Waals surface area (Å²) in [6.45, 7) is 4.37. The fraction of sp³-hybridized carbons (Fsp3) is 0.173. The molecule has 3 N–H and O–H groups in total. The maximum atomic E-state index is 16.6. The number of hydrogen-bond acceptors (Lipinski definition) is 10. The van der Waals surface area contributed by atoms with Gasteiger partial charge in [0.15, 0.2) is 17.9 Å². The number of Topliss-reactive ketones (excluding diaryl/α,β-unsaturated/α-hetero) is 1. The molecule has 3 unspecified atom stereocenters. The van der Waals surface area contributed by atoms with E-state index in [1.54, 1.807) is 24.7 Å². The van der Waals surface area contributed by atoms with Gasteiger partial charge in [-0.3, -0.25) is 9.78 Å². The first-order valence-electron chi connectivity index (χ1n) is 21.2. The molecular weight excluding hydrogens is 835 g/mol. The summed E-state index contributed by atoms with van der Waals surface area (Å²) in [6, 6.07) is 42.9. The highest BCUT2D eigenvalue weighted by Gasteiger charge is 2.63. The van der Waals surface area contributed by atoms with E-state index in [0.717, 1.165) is 32.7 Å². The third-order valence-electron chi connectivity index (χ3n) is 12.3. The zero-order chi connectivity index (χ0) is 44.9. The Balaban J connectivity index is 1.34. The van der Waals surface area contributed by atoms with Crippen molar-refractivity contribution in [2.45, 2.75) is 37.3 Å². The Morgan fingerprint density at radius 3 is 1.83 bits per heavy atom. The van der Waals surface area contributed by atoms with Crippen LogP contribution in [0.4, 0.5) is 0 Å². The lowest BCUT2D eigenvalue weighted by atomic mass is 9.72. The van der Waals surface area contributed by atoms with Crippen LogP contribution in [0.15, 0.2) is 175 Å². The summed E-state index contributed by atoms with van der Waals surface area (Å²) in [5, 5.41) is 10.7. The number of aromatic nitrogens is 4. The molecule has 4 heterocycles. The van der Waals surface area contributed by atoms with Crippen LogP contribution in [0.25, 0.3) is 49.2 Å². The Kier molecular flexibility index (Phi) is 12.3. The van der Waals surface area contributed by atoms with Crippen LogP contribution in [0.2, 0.25) is 0 Å². The summed E-state index contributed by atoms with van der Waals surface area (Å²) in [5.41, 5.74) is 3.51. The van der Waals surface area contributed by atoms with E-state index in [1.807, 2.05) is 140 Å². The van der Waals surface area contributed by atoms with Gasteiger partial charge >= 0.3 is 5.97 Å². The summed E-state index contributed by atoms with van der Waals surface area (Å²) in [5.74, 6) is -2.86. The quantitative estimate of drug-likeness (QED) is 0.0312. The van der Waals surface area contributed by atoms with Crippen LogP contribution in [0.1, 0.15) is 32.7 Å². The summed E-state index contributed by atoms with van der Waals surface area (Å²) >= 11 is 1.38. The number of nitroso groups, excluding NO2 is 2. The summed E-state index contributed by atoms with van der Waals surface area (Å²) in [6.07, 6.45) is 3.62. The molecule has 0 radical (unpaired) electrons. The Bertz CT molecular complexity index is 3090. The number of esters is 1. The number of thioether (sulfide) groups is 1. The van der Waals surface area contributed by atoms with E-state index in [0.29, 0.717) is 38.7 Å². The topological polar surface area (TPSA) is 166 Å². The molecule has 0 aliphatic carbocycles. The predicted octanol–water partition coefficient (Wildman–Crippen LogP) is 11.0. The highest BCUT2D eigenvalue weighted by molar-refractivity contribution is 7.98. The molecule has 9 aromatic rings. The maximum Gasteiger partial charge on any atom is 0.335 e. The number of aromatic amines is 3. The zero-order valence-corrected chi connectivity index (χ0v) is 36.3. The summed E-state index contributed by atoms with van der Waals surface area (Å²) < 4.78 is 6.39. The average molecular weight is 880 g/mol. The molecule has 5 aromatic carbocycles. The maximum absolute atomic E-state index is 16.6. The number of para-hydroxylation sites is 3. The van der Waals surface area contributed by atoms with E-state index >= 15 is 9.59 Å². The molecule has 0 aliphatic heterocycles. The van der Waals surface area contributed by atoms with Gasteiger partial charge in [-0.05, 0) is 58.3 Å². The number of nitrogens with zero attached hydrogens (tertiary/aromatic N) is 4. The molecule has 0 saturated carbocycles. The Hall–Kier alpha value is -7.48. The number of fused-ring (bicyclic) bond motifs is 5. The molecule has 0 fully saturated rings. The summed E-state index contributed by atoms with van der Waals surface area (Å²) in [4.78, 5) is 76.8. The average Bonchev–Trinajstić information content (AvgIpc) is 4.08. The number of hydrogen-bond donors (Lipinski definition) is 3. The normalized spacial score (nSPS) is 14.0. The molecule has 0 saturated heterocycles. The first-order valence-corrected chi connectivity index (χ1v) is 22.6. The smallest absolute Gasteiger partial charge is 0.335 e. The molecule has 12 nitrogen and oxygen atoms in total. The van der Waals surface area contributed by atoms with Crippen molar-refractivity contribution >= 4 is 72.7 Å². The van der Waals surface area contributed by atoms with E-state index in [4.69, 9.17) is 9.72 Å². The van der Waals surface area contributed by atoms with E-state index in [1.165, 1.54) is 16.7 Å². The van der Waals surface area contributed by atoms with Gasteiger partial charge in [-0.15, -0.1) is 9.81 Å². The largest absolute Gasteiger partial charge is 0.459 e. The van der Waals surface area contributed by atoms with Crippen LogP contribution in [-0.4, -0.2) is 66.5 Å². The molecule has 0 spiro atoms. The van der Waals surface area contributed by atoms with Crippen LogP contribution >= 0.6 is 11.8 Å². The number of pyridine rings is 1. The van der Waals surface area contributed by atoms with Gasteiger partial charge in [-0.25, -0.2) is 9.69 Å². The van der Waals surface area contributed by atoms with Crippen molar-refractivity contribution in [1.29, 1.82) is 0 Å². The monoisotopic (exact) mass is 879 g/mol. The minimum absolute atomic E-state index is 0.0932. The van der Waals surface area contributed by atoms with E-state index < -0.39 is 35.5 Å². The zero-order valence-electron chi connectivity index (χ0n) is 35.5. The number of H-pyrrole nitrogens is 3. The molecule has 9 rings (SSSR count). The lowest BCUT2D eigenvalue weighted by molar-refractivity contribution is -0.162. The second-order valence-corrected chi connectivity index (χ2v) is 17.0. The Labute approximate surface area is 378 Å². The number of benzene rings is 5. The number of ether oxygens (including phenoxy) is 1. The van der Waals surface area contributed by atoms with Gasteiger partial charge in [0.2, 0.25) is 5.78 Å². The highest BCUT2D eigenvalue weighted by Crippen LogP contribution is 2.45. The van der Waals surface area contributed by atoms with E-state index in [2.05, 4.69) is 31.9 Å². The predicted molar refractivity (Wildman–Crippen MR) is 259 cm³/mol. The lowest BCUT2D eigenvalue weighted by Gasteiger charge is -2.48. The summed E-state index contributed by atoms with van der Waals surface area (Å²) in [7, 11) is 0. The highest BCUT2D eigenvalue weighted by atomic mass is 32.2. The van der Waals surface area contributed by atoms with E-state index in [9.17, 15) is 9.81 Å². The second kappa shape index (κ2) is 18.7. The Morgan fingerprint density at radius 1 is 0.708 bits per heavy atom. The van der Waals surface area contributed by atoms with E-state index in [-0.39, 0.29) is 30.9 Å². The minimum Gasteiger partial charge on any atom is -0.459 e. The van der Waals surface area contributed by atoms with Crippen molar-refractivity contribution in [1.82, 2.24) is 24.8 Å². The molecule has 4 aromatic heterocycles. The van der Waals surface area contributed by atoms with Gasteiger partial charge in [-0.1, -0.05) is 132 Å². The molecule has 0 bridgehead atoms. The molecule has 0 amide bonds. The van der Waals surface area contributed by atoms with Gasteiger partial charge in [0, 0.05) is 75.0 Å². The van der Waals surface area contributed by atoms with Crippen molar-refractivity contribution in [3.05, 3.63) is 202 Å². The Morgan fingerprint density at radius 2 is 1.25 bits per heavy atom. The number of nitrogens with one attached hydrogen (secondary N) is 3. The molecule has 0 aliphatic rings.